The van der Waals surface area contributed by atoms with Gasteiger partial charge >= 0.3 is 7.82 Å². The average Bonchev–Trinajstić information content (AvgIpc) is 3.16. The van der Waals surface area contributed by atoms with E-state index in [0.717, 1.165) is 57.8 Å². The molecule has 0 spiro atoms. The van der Waals surface area contributed by atoms with Gasteiger partial charge in [-0.25, -0.2) is 4.57 Å². The highest BCUT2D eigenvalue weighted by atomic mass is 31.2. The fourth-order valence-corrected chi connectivity index (χ4v) is 7.21. The quantitative estimate of drug-likeness (QED) is 0.0245. The van der Waals surface area contributed by atoms with E-state index in [9.17, 15) is 19.4 Å². The van der Waals surface area contributed by atoms with Crippen LogP contribution in [0.25, 0.3) is 0 Å². The van der Waals surface area contributed by atoms with Crippen molar-refractivity contribution in [2.24, 2.45) is 0 Å². The number of aliphatic hydroxyl groups excluding tert-OH is 1. The number of carbonyl (C=O) groups is 1. The van der Waals surface area contributed by atoms with Crippen LogP contribution in [0.15, 0.2) is 48.6 Å². The summed E-state index contributed by atoms with van der Waals surface area (Å²) in [5, 5.41) is 13.8. The van der Waals surface area contributed by atoms with Gasteiger partial charge in [0.1, 0.15) is 13.2 Å². The van der Waals surface area contributed by atoms with Gasteiger partial charge < -0.3 is 19.8 Å². The molecule has 3 N–H and O–H groups in total. The number of allylic oxidation sites excluding steroid dienone is 7. The number of aliphatic hydroxyl groups is 1. The Morgan fingerprint density at radius 1 is 0.579 bits per heavy atom. The molecule has 0 aromatic rings. The van der Waals surface area contributed by atoms with Crippen molar-refractivity contribution >= 4 is 13.7 Å². The number of phosphoric acid groups is 1. The summed E-state index contributed by atoms with van der Waals surface area (Å²) in [7, 11) is 1.54. The molecule has 8 nitrogen and oxygen atoms in total. The number of amides is 1. The Morgan fingerprint density at radius 2 is 0.965 bits per heavy atom. The first-order chi connectivity index (χ1) is 27.5. The number of quaternary nitrogens is 1. The van der Waals surface area contributed by atoms with E-state index >= 15 is 0 Å². The van der Waals surface area contributed by atoms with Crippen LogP contribution in [-0.4, -0.2) is 73.4 Å². The molecule has 0 aliphatic rings. The van der Waals surface area contributed by atoms with Crippen LogP contribution in [0.1, 0.15) is 200 Å². The summed E-state index contributed by atoms with van der Waals surface area (Å²) in [6, 6.07) is -0.873. The first-order valence-corrected chi connectivity index (χ1v) is 25.0. The summed E-state index contributed by atoms with van der Waals surface area (Å²) in [5.74, 6) is -0.203. The fourth-order valence-electron chi connectivity index (χ4n) is 6.48. The highest BCUT2D eigenvalue weighted by Gasteiger charge is 2.27. The Bertz CT molecular complexity index is 1070. The third-order valence-corrected chi connectivity index (χ3v) is 11.2. The van der Waals surface area contributed by atoms with Gasteiger partial charge in [-0.05, 0) is 70.6 Å². The van der Waals surface area contributed by atoms with E-state index in [1.165, 1.54) is 122 Å². The standard InChI is InChI=1S/C48H91N2O6P/c1-6-8-10-12-14-16-18-20-21-22-23-24-25-26-27-28-29-30-31-33-35-37-39-41-47(51)46(45-56-57(53,54)55-44-43-50(3,4)5)49-48(52)42-40-38-36-34-32-19-17-15-13-11-9-7-2/h15,17,27-28,31,33,39,41,46-47,51H,6-14,16,18-26,29-30,32,34-38,40,42-45H2,1-5H3,(H-,49,52,53,54)/p+1/b17-15-,28-27+,33-31+,41-39+. The predicted molar refractivity (Wildman–Crippen MR) is 244 cm³/mol. The highest BCUT2D eigenvalue weighted by molar-refractivity contribution is 7.47. The molecule has 0 rings (SSSR count). The molecule has 0 radical (unpaired) electrons. The number of hydrogen-bond acceptors (Lipinski definition) is 5. The highest BCUT2D eigenvalue weighted by Crippen LogP contribution is 2.43. The smallest absolute Gasteiger partial charge is 0.387 e. The third kappa shape index (κ3) is 42.4. The summed E-state index contributed by atoms with van der Waals surface area (Å²) in [5.41, 5.74) is 0. The molecule has 0 aromatic carbocycles. The number of carbonyl (C=O) groups excluding carboxylic acids is 1. The maximum atomic E-state index is 12.8. The first-order valence-electron chi connectivity index (χ1n) is 23.5. The van der Waals surface area contributed by atoms with Crippen molar-refractivity contribution in [2.75, 3.05) is 40.9 Å². The van der Waals surface area contributed by atoms with Crippen LogP contribution in [0.5, 0.6) is 0 Å². The van der Waals surface area contributed by atoms with Crippen LogP contribution in [0.4, 0.5) is 0 Å². The molecule has 0 saturated heterocycles. The van der Waals surface area contributed by atoms with E-state index in [1.807, 2.05) is 27.2 Å². The maximum absolute atomic E-state index is 12.8. The van der Waals surface area contributed by atoms with Gasteiger partial charge in [0, 0.05) is 6.42 Å². The minimum absolute atomic E-state index is 0.0509. The number of unbranched alkanes of at least 4 members (excludes halogenated alkanes) is 23. The summed E-state index contributed by atoms with van der Waals surface area (Å²) in [6.45, 7) is 4.75. The van der Waals surface area contributed by atoms with E-state index < -0.39 is 20.0 Å². The van der Waals surface area contributed by atoms with E-state index in [-0.39, 0.29) is 19.1 Å². The van der Waals surface area contributed by atoms with Gasteiger partial charge in [0.15, 0.2) is 0 Å². The Hall–Kier alpha value is -1.54. The average molecular weight is 824 g/mol. The molecular weight excluding hydrogens is 732 g/mol. The zero-order valence-electron chi connectivity index (χ0n) is 37.8. The molecule has 1 amide bonds. The van der Waals surface area contributed by atoms with Gasteiger partial charge in [0.05, 0.1) is 39.9 Å². The van der Waals surface area contributed by atoms with Crippen LogP contribution in [0.3, 0.4) is 0 Å². The first kappa shape index (κ1) is 55.5. The lowest BCUT2D eigenvalue weighted by molar-refractivity contribution is -0.870. The fraction of sp³-hybridized carbons (Fsp3) is 0.812. The minimum atomic E-state index is -4.35. The van der Waals surface area contributed by atoms with Gasteiger partial charge in [-0.2, -0.15) is 0 Å². The number of nitrogens with zero attached hydrogens (tertiary/aromatic N) is 1. The second-order valence-corrected chi connectivity index (χ2v) is 18.6. The van der Waals surface area contributed by atoms with Crippen molar-refractivity contribution in [3.05, 3.63) is 48.6 Å². The summed E-state index contributed by atoms with van der Waals surface area (Å²) < 4.78 is 23.5. The van der Waals surface area contributed by atoms with Crippen LogP contribution in [0.2, 0.25) is 0 Å². The van der Waals surface area contributed by atoms with Crippen LogP contribution >= 0.6 is 7.82 Å². The molecule has 334 valence electrons. The summed E-state index contributed by atoms with van der Waals surface area (Å²) in [4.78, 5) is 23.1. The molecule has 0 fully saturated rings. The zero-order chi connectivity index (χ0) is 42.1. The van der Waals surface area contributed by atoms with E-state index in [0.29, 0.717) is 17.4 Å². The SMILES string of the molecule is CCCCC/C=C\CCCCCCCC(=O)NC(COP(=O)(O)OCC[N+](C)(C)C)C(O)/C=C/CC/C=C/CC/C=C/CCCCCCCCCCCCCCC. The lowest BCUT2D eigenvalue weighted by Gasteiger charge is -2.25. The van der Waals surface area contributed by atoms with Crippen molar-refractivity contribution in [2.45, 2.75) is 212 Å². The summed E-state index contributed by atoms with van der Waals surface area (Å²) in [6.07, 6.45) is 50.5. The molecule has 9 heteroatoms. The van der Waals surface area contributed by atoms with E-state index in [1.54, 1.807) is 6.08 Å². The van der Waals surface area contributed by atoms with Crippen molar-refractivity contribution in [3.8, 4) is 0 Å². The van der Waals surface area contributed by atoms with Gasteiger partial charge in [-0.1, -0.05) is 172 Å². The van der Waals surface area contributed by atoms with E-state index in [4.69, 9.17) is 9.05 Å². The number of rotatable bonds is 42. The Kier molecular flexibility index (Phi) is 38.8. The predicted octanol–water partition coefficient (Wildman–Crippen LogP) is 13.2. The second-order valence-electron chi connectivity index (χ2n) is 17.1. The van der Waals surface area contributed by atoms with Crippen LogP contribution in [-0.2, 0) is 18.4 Å². The van der Waals surface area contributed by atoms with Crippen LogP contribution in [0, 0.1) is 0 Å². The normalized spacial score (nSPS) is 14.7. The Labute approximate surface area is 352 Å². The molecule has 0 heterocycles. The molecular formula is C48H92N2O6P+. The number of hydrogen-bond donors (Lipinski definition) is 3. The van der Waals surface area contributed by atoms with Crippen molar-refractivity contribution < 1.29 is 32.9 Å². The van der Waals surface area contributed by atoms with E-state index in [2.05, 4.69) is 55.6 Å². The third-order valence-electron chi connectivity index (χ3n) is 10.2. The van der Waals surface area contributed by atoms with Crippen molar-refractivity contribution in [3.63, 3.8) is 0 Å². The zero-order valence-corrected chi connectivity index (χ0v) is 38.7. The number of phosphoric ester groups is 1. The van der Waals surface area contributed by atoms with Gasteiger partial charge in [-0.15, -0.1) is 0 Å². The lowest BCUT2D eigenvalue weighted by Crippen LogP contribution is -2.45. The number of nitrogens with one attached hydrogen (secondary N) is 1. The largest absolute Gasteiger partial charge is 0.472 e. The maximum Gasteiger partial charge on any atom is 0.472 e. The lowest BCUT2D eigenvalue weighted by atomic mass is 10.0. The number of likely N-dealkylation sites (N-methyl/N-ethyl adjacent to an activating group) is 1. The van der Waals surface area contributed by atoms with Crippen molar-refractivity contribution in [1.82, 2.24) is 5.32 Å². The van der Waals surface area contributed by atoms with Gasteiger partial charge in [0.25, 0.3) is 0 Å². The minimum Gasteiger partial charge on any atom is -0.387 e. The van der Waals surface area contributed by atoms with Gasteiger partial charge in [-0.3, -0.25) is 13.8 Å². The molecule has 0 saturated carbocycles. The Balaban J connectivity index is 4.42. The molecule has 0 aliphatic carbocycles. The molecule has 3 atom stereocenters. The Morgan fingerprint density at radius 3 is 1.44 bits per heavy atom. The monoisotopic (exact) mass is 824 g/mol. The summed E-state index contributed by atoms with van der Waals surface area (Å²) >= 11 is 0. The topological polar surface area (TPSA) is 105 Å². The van der Waals surface area contributed by atoms with Gasteiger partial charge in [0.2, 0.25) is 5.91 Å². The molecule has 57 heavy (non-hydrogen) atoms. The molecule has 0 aliphatic heterocycles. The molecule has 3 unspecified atom stereocenters. The van der Waals surface area contributed by atoms with Crippen LogP contribution < -0.4 is 5.32 Å². The molecule has 0 bridgehead atoms. The molecule has 0 aromatic heterocycles. The van der Waals surface area contributed by atoms with Crippen molar-refractivity contribution in [1.29, 1.82) is 0 Å². The second kappa shape index (κ2) is 39.9.